The molecule has 3 atom stereocenters. The fourth-order valence-electron chi connectivity index (χ4n) is 3.08. The number of hydrogen-bond donors (Lipinski definition) is 4. The number of benzene rings is 1. The smallest absolute Gasteiger partial charge is 0.167 e. The summed E-state index contributed by atoms with van der Waals surface area (Å²) in [6.45, 7) is 0.142. The Bertz CT molecular complexity index is 915. The number of phenols is 1. The third kappa shape index (κ3) is 2.96. The van der Waals surface area contributed by atoms with Gasteiger partial charge >= 0.3 is 0 Å². The molecular weight excluding hydrogens is 338 g/mol. The van der Waals surface area contributed by atoms with E-state index in [1.807, 2.05) is 12.1 Å². The van der Waals surface area contributed by atoms with Crippen LogP contribution in [0.5, 0.6) is 5.75 Å². The molecule has 4 N–H and O–H groups in total. The van der Waals surface area contributed by atoms with Gasteiger partial charge in [-0.15, -0.1) is 0 Å². The number of rotatable bonds is 5. The zero-order chi connectivity index (χ0) is 18.1. The maximum atomic E-state index is 9.93. The molecule has 1 aliphatic rings. The number of hydrogen-bond acceptors (Lipinski definition) is 8. The van der Waals surface area contributed by atoms with Crippen molar-refractivity contribution in [3.8, 4) is 5.75 Å². The largest absolute Gasteiger partial charge is 0.508 e. The van der Waals surface area contributed by atoms with Crippen molar-refractivity contribution in [2.75, 3.05) is 11.9 Å². The van der Waals surface area contributed by atoms with Crippen molar-refractivity contribution in [3.63, 3.8) is 0 Å². The first kappa shape index (κ1) is 16.7. The molecule has 1 saturated heterocycles. The number of fused-ring (bicyclic) bond motifs is 1. The van der Waals surface area contributed by atoms with Crippen LogP contribution in [0.1, 0.15) is 18.2 Å². The molecule has 136 valence electrons. The number of para-hydroxylation sites is 1. The van der Waals surface area contributed by atoms with Crippen LogP contribution in [-0.4, -0.2) is 53.7 Å². The Morgan fingerprint density at radius 3 is 2.85 bits per heavy atom. The van der Waals surface area contributed by atoms with Crippen LogP contribution in [0.15, 0.2) is 36.9 Å². The molecule has 9 nitrogen and oxygen atoms in total. The number of nitrogens with one attached hydrogen (secondary N) is 1. The minimum atomic E-state index is -0.733. The predicted octanol–water partition coefficient (Wildman–Crippen LogP) is 0.785. The van der Waals surface area contributed by atoms with Crippen LogP contribution in [0.25, 0.3) is 11.2 Å². The summed E-state index contributed by atoms with van der Waals surface area (Å²) in [6, 6.07) is 7.06. The van der Waals surface area contributed by atoms with Crippen molar-refractivity contribution >= 4 is 17.0 Å². The summed E-state index contributed by atoms with van der Waals surface area (Å²) in [5.41, 5.74) is 1.87. The van der Waals surface area contributed by atoms with Gasteiger partial charge in [0.25, 0.3) is 0 Å². The van der Waals surface area contributed by atoms with Gasteiger partial charge in [0.1, 0.15) is 24.4 Å². The summed E-state index contributed by atoms with van der Waals surface area (Å²) in [6.07, 6.45) is 1.56. The molecule has 3 aromatic rings. The van der Waals surface area contributed by atoms with E-state index < -0.39 is 18.4 Å². The molecule has 9 heteroatoms. The van der Waals surface area contributed by atoms with Gasteiger partial charge in [-0.3, -0.25) is 4.57 Å². The molecule has 0 amide bonds. The molecule has 1 aliphatic heterocycles. The van der Waals surface area contributed by atoms with E-state index >= 15 is 0 Å². The van der Waals surface area contributed by atoms with E-state index in [1.165, 1.54) is 6.33 Å². The molecule has 4 rings (SSSR count). The van der Waals surface area contributed by atoms with Crippen molar-refractivity contribution in [1.82, 2.24) is 19.5 Å². The summed E-state index contributed by atoms with van der Waals surface area (Å²) >= 11 is 0. The summed E-state index contributed by atoms with van der Waals surface area (Å²) < 4.78 is 7.39. The van der Waals surface area contributed by atoms with Crippen LogP contribution < -0.4 is 5.32 Å². The lowest BCUT2D eigenvalue weighted by atomic mass is 10.2. The normalized spacial score (nSPS) is 22.8. The number of aliphatic hydroxyl groups excluding tert-OH is 2. The quantitative estimate of drug-likeness (QED) is 0.528. The van der Waals surface area contributed by atoms with E-state index in [4.69, 9.17) is 4.74 Å². The molecule has 3 heterocycles. The van der Waals surface area contributed by atoms with Crippen LogP contribution in [-0.2, 0) is 11.3 Å². The minimum absolute atomic E-state index is 0.208. The number of ether oxygens (including phenoxy) is 1. The van der Waals surface area contributed by atoms with E-state index in [2.05, 4.69) is 20.3 Å². The molecule has 0 bridgehead atoms. The van der Waals surface area contributed by atoms with E-state index in [1.54, 1.807) is 23.0 Å². The number of phenolic OH excluding ortho intramolecular Hbond substituents is 1. The third-order valence-electron chi connectivity index (χ3n) is 4.49. The van der Waals surface area contributed by atoms with Crippen LogP contribution >= 0.6 is 0 Å². The van der Waals surface area contributed by atoms with Crippen LogP contribution in [0.2, 0.25) is 0 Å². The number of aromatic nitrogens is 4. The van der Waals surface area contributed by atoms with Gasteiger partial charge in [-0.25, -0.2) is 15.0 Å². The van der Waals surface area contributed by atoms with E-state index in [9.17, 15) is 15.3 Å². The van der Waals surface area contributed by atoms with Gasteiger partial charge in [0.05, 0.1) is 19.0 Å². The summed E-state index contributed by atoms with van der Waals surface area (Å²) in [4.78, 5) is 12.9. The monoisotopic (exact) mass is 357 g/mol. The zero-order valence-electron chi connectivity index (χ0n) is 13.9. The van der Waals surface area contributed by atoms with Crippen molar-refractivity contribution < 1.29 is 20.1 Å². The molecular formula is C17H19N5O4. The lowest BCUT2D eigenvalue weighted by molar-refractivity contribution is -0.0432. The molecule has 0 radical (unpaired) electrons. The highest BCUT2D eigenvalue weighted by atomic mass is 16.5. The topological polar surface area (TPSA) is 126 Å². The number of aromatic hydroxyl groups is 1. The Hall–Kier alpha value is -2.75. The second kappa shape index (κ2) is 6.87. The highest BCUT2D eigenvalue weighted by Crippen LogP contribution is 2.31. The fourth-order valence-corrected chi connectivity index (χ4v) is 3.08. The van der Waals surface area contributed by atoms with Crippen molar-refractivity contribution in [2.24, 2.45) is 0 Å². The first-order valence-electron chi connectivity index (χ1n) is 8.30. The maximum absolute atomic E-state index is 9.93. The van der Waals surface area contributed by atoms with Gasteiger partial charge in [0, 0.05) is 18.5 Å². The summed E-state index contributed by atoms with van der Waals surface area (Å²) in [5.74, 6) is 0.744. The Morgan fingerprint density at radius 1 is 1.23 bits per heavy atom. The van der Waals surface area contributed by atoms with E-state index in [0.29, 0.717) is 29.9 Å². The number of anilines is 1. The van der Waals surface area contributed by atoms with Crippen LogP contribution in [0, 0.1) is 0 Å². The van der Waals surface area contributed by atoms with Gasteiger partial charge in [-0.05, 0) is 6.07 Å². The summed E-state index contributed by atoms with van der Waals surface area (Å²) in [7, 11) is 0. The second-order valence-corrected chi connectivity index (χ2v) is 6.14. The van der Waals surface area contributed by atoms with Crippen molar-refractivity contribution in [3.05, 3.63) is 42.5 Å². The molecule has 2 aromatic heterocycles. The number of nitrogens with zero attached hydrogens (tertiary/aromatic N) is 4. The first-order chi connectivity index (χ1) is 12.7. The van der Waals surface area contributed by atoms with Crippen molar-refractivity contribution in [1.29, 1.82) is 0 Å². The highest BCUT2D eigenvalue weighted by Gasteiger charge is 2.35. The number of imidazole rings is 1. The predicted molar refractivity (Wildman–Crippen MR) is 92.4 cm³/mol. The van der Waals surface area contributed by atoms with E-state index in [0.717, 1.165) is 5.56 Å². The molecule has 0 saturated carbocycles. The highest BCUT2D eigenvalue weighted by molar-refractivity contribution is 5.82. The molecule has 1 fully saturated rings. The Balaban J connectivity index is 1.58. The molecule has 1 unspecified atom stereocenters. The summed E-state index contributed by atoms with van der Waals surface area (Å²) in [5, 5.41) is 32.2. The van der Waals surface area contributed by atoms with Gasteiger partial charge in [-0.2, -0.15) is 0 Å². The third-order valence-corrected chi connectivity index (χ3v) is 4.49. The second-order valence-electron chi connectivity index (χ2n) is 6.14. The Kier molecular flexibility index (Phi) is 4.41. The standard InChI is InChI=1S/C17H19N5O4/c23-7-13-12(25)5-14(26-13)22-9-21-15-16(19-8-20-17(15)22)18-6-10-3-1-2-4-11(10)24/h1-4,8-9,12-14,23-25H,5-7H2,(H,18,19,20)/t12-,13?,14-/m1/s1. The van der Waals surface area contributed by atoms with Crippen LogP contribution in [0.4, 0.5) is 5.82 Å². The fraction of sp³-hybridized carbons (Fsp3) is 0.353. The van der Waals surface area contributed by atoms with Gasteiger partial charge in [-0.1, -0.05) is 18.2 Å². The molecule has 1 aromatic carbocycles. The van der Waals surface area contributed by atoms with Crippen molar-refractivity contribution in [2.45, 2.75) is 31.4 Å². The van der Waals surface area contributed by atoms with Gasteiger partial charge < -0.3 is 25.4 Å². The molecule has 0 spiro atoms. The van der Waals surface area contributed by atoms with E-state index in [-0.39, 0.29) is 12.4 Å². The average molecular weight is 357 g/mol. The molecule has 0 aliphatic carbocycles. The molecule has 26 heavy (non-hydrogen) atoms. The van der Waals surface area contributed by atoms with Crippen LogP contribution in [0.3, 0.4) is 0 Å². The zero-order valence-corrected chi connectivity index (χ0v) is 13.9. The Morgan fingerprint density at radius 2 is 2.08 bits per heavy atom. The lowest BCUT2D eigenvalue weighted by Gasteiger charge is -2.13. The average Bonchev–Trinajstić information content (AvgIpc) is 3.24. The maximum Gasteiger partial charge on any atom is 0.167 e. The minimum Gasteiger partial charge on any atom is -0.508 e. The Labute approximate surface area is 148 Å². The lowest BCUT2D eigenvalue weighted by Crippen LogP contribution is -2.24. The van der Waals surface area contributed by atoms with Gasteiger partial charge in [0.2, 0.25) is 0 Å². The SMILES string of the molecule is OCC1O[C@@H](n2cnc3c(NCc4ccccc4O)ncnc32)C[C@H]1O. The first-order valence-corrected chi connectivity index (χ1v) is 8.30. The number of aliphatic hydroxyl groups is 2. The van der Waals surface area contributed by atoms with Gasteiger partial charge in [0.15, 0.2) is 17.0 Å².